The fraction of sp³-hybridized carbons (Fsp3) is 0.361. The maximum atomic E-state index is 15.4. The predicted octanol–water partition coefficient (Wildman–Crippen LogP) is 6.31. The van der Waals surface area contributed by atoms with Gasteiger partial charge in [-0.1, -0.05) is 55.5 Å². The number of benzene rings is 3. The number of carbonyl (C=O) groups excluding carboxylic acids is 3. The summed E-state index contributed by atoms with van der Waals surface area (Å²) in [4.78, 5) is 45.2. The molecule has 0 spiro atoms. The standard InChI is InChI=1S/C36H39FN4O3/c1-3-26-9-7-12-29-30(28-11-4-5-13-31(28)37)19-32(39-36(44)38-27-10-6-8-23(2)18-27)35(43)41(34(26)29)22-33(42)40-20-24-14-15-25(21-40)17-16-24/h4-13,18-19,24-25,32H,3,14-17,20-22H2,1-2H3,(H2,38,39,44)/t24?,25?,32-/m1/s1. The van der Waals surface area contributed by atoms with Gasteiger partial charge in [0.15, 0.2) is 0 Å². The summed E-state index contributed by atoms with van der Waals surface area (Å²) in [5.41, 5.74) is 4.47. The van der Waals surface area contributed by atoms with Gasteiger partial charge in [0.1, 0.15) is 18.4 Å². The van der Waals surface area contributed by atoms with E-state index in [2.05, 4.69) is 10.6 Å². The van der Waals surface area contributed by atoms with Crippen LogP contribution in [-0.4, -0.2) is 48.4 Å². The number of amides is 4. The number of hydrogen-bond acceptors (Lipinski definition) is 3. The van der Waals surface area contributed by atoms with Crippen molar-refractivity contribution in [3.05, 3.63) is 101 Å². The van der Waals surface area contributed by atoms with Crippen molar-refractivity contribution in [1.29, 1.82) is 0 Å². The molecule has 228 valence electrons. The molecule has 1 saturated carbocycles. The van der Waals surface area contributed by atoms with Crippen molar-refractivity contribution in [3.8, 4) is 0 Å². The van der Waals surface area contributed by atoms with Crippen LogP contribution in [0.5, 0.6) is 0 Å². The van der Waals surface area contributed by atoms with Crippen LogP contribution < -0.4 is 15.5 Å². The third-order valence-electron chi connectivity index (χ3n) is 9.22. The van der Waals surface area contributed by atoms with Gasteiger partial charge in [-0.15, -0.1) is 0 Å². The molecule has 2 N–H and O–H groups in total. The largest absolute Gasteiger partial charge is 0.341 e. The van der Waals surface area contributed by atoms with Crippen LogP contribution in [0.1, 0.15) is 54.9 Å². The molecule has 4 aliphatic rings. The summed E-state index contributed by atoms with van der Waals surface area (Å²) in [6, 6.07) is 17.7. The van der Waals surface area contributed by atoms with Gasteiger partial charge in [-0.05, 0) is 91.8 Å². The second kappa shape index (κ2) is 12.6. The summed E-state index contributed by atoms with van der Waals surface area (Å²) in [6.07, 6.45) is 6.77. The molecule has 7 nitrogen and oxygen atoms in total. The fourth-order valence-electron chi connectivity index (χ4n) is 6.96. The Morgan fingerprint density at radius 3 is 2.27 bits per heavy atom. The van der Waals surface area contributed by atoms with E-state index < -0.39 is 23.8 Å². The Hall–Kier alpha value is -4.46. The number of para-hydroxylation sites is 1. The quantitative estimate of drug-likeness (QED) is 0.351. The van der Waals surface area contributed by atoms with E-state index in [9.17, 15) is 14.4 Å². The molecule has 7 rings (SSSR count). The van der Waals surface area contributed by atoms with Crippen LogP contribution in [0.15, 0.2) is 72.8 Å². The molecule has 3 heterocycles. The normalized spacial score (nSPS) is 21.2. The van der Waals surface area contributed by atoms with Crippen LogP contribution in [0.25, 0.3) is 5.57 Å². The molecule has 4 amide bonds. The van der Waals surface area contributed by atoms with Crippen LogP contribution in [0, 0.1) is 24.6 Å². The lowest BCUT2D eigenvalue weighted by atomic mass is 9.84. The highest BCUT2D eigenvalue weighted by Gasteiger charge is 2.37. The molecule has 2 saturated heterocycles. The summed E-state index contributed by atoms with van der Waals surface area (Å²) >= 11 is 0. The van der Waals surface area contributed by atoms with Gasteiger partial charge >= 0.3 is 6.03 Å². The van der Waals surface area contributed by atoms with Crippen molar-refractivity contribution < 1.29 is 18.8 Å². The minimum atomic E-state index is -1.15. The SMILES string of the molecule is CCc1cccc2c1N(CC(=O)N1CC3CCC(CC3)C1)C(=O)[C@H](NC(=O)Nc1cccc(C)c1)C=C2c1ccccc1F. The average molecular weight is 595 g/mol. The number of halogens is 1. The van der Waals surface area contributed by atoms with Crippen molar-refractivity contribution in [2.24, 2.45) is 11.8 Å². The Balaban J connectivity index is 1.40. The number of hydrogen-bond donors (Lipinski definition) is 2. The molecule has 8 heteroatoms. The molecule has 1 aliphatic carbocycles. The van der Waals surface area contributed by atoms with Gasteiger partial charge < -0.3 is 20.4 Å². The summed E-state index contributed by atoms with van der Waals surface area (Å²) < 4.78 is 15.4. The van der Waals surface area contributed by atoms with E-state index in [-0.39, 0.29) is 12.5 Å². The van der Waals surface area contributed by atoms with Gasteiger partial charge in [0.05, 0.1) is 5.69 Å². The van der Waals surface area contributed by atoms with Gasteiger partial charge in [0.2, 0.25) is 5.91 Å². The lowest BCUT2D eigenvalue weighted by molar-refractivity contribution is -0.132. The maximum absolute atomic E-state index is 15.4. The molecule has 0 unspecified atom stereocenters. The Morgan fingerprint density at radius 2 is 1.59 bits per heavy atom. The number of rotatable bonds is 6. The number of anilines is 2. The first-order valence-electron chi connectivity index (χ1n) is 15.6. The maximum Gasteiger partial charge on any atom is 0.320 e. The van der Waals surface area contributed by atoms with Crippen LogP contribution in [0.2, 0.25) is 0 Å². The van der Waals surface area contributed by atoms with Crippen molar-refractivity contribution >= 4 is 34.8 Å². The second-order valence-corrected chi connectivity index (χ2v) is 12.3. The van der Waals surface area contributed by atoms with E-state index in [1.807, 2.05) is 55.1 Å². The first kappa shape index (κ1) is 29.6. The van der Waals surface area contributed by atoms with Crippen LogP contribution in [0.3, 0.4) is 0 Å². The van der Waals surface area contributed by atoms with Crippen molar-refractivity contribution in [3.63, 3.8) is 0 Å². The van der Waals surface area contributed by atoms with Gasteiger partial charge in [-0.25, -0.2) is 9.18 Å². The van der Waals surface area contributed by atoms with Gasteiger partial charge in [0.25, 0.3) is 5.91 Å². The molecule has 1 atom stereocenters. The van der Waals surface area contributed by atoms with E-state index in [1.165, 1.54) is 11.0 Å². The molecule has 3 fully saturated rings. The summed E-state index contributed by atoms with van der Waals surface area (Å²) in [6.45, 7) is 5.18. The van der Waals surface area contributed by atoms with E-state index in [0.717, 1.165) is 36.8 Å². The molecular formula is C36H39FN4O3. The molecule has 44 heavy (non-hydrogen) atoms. The van der Waals surface area contributed by atoms with Crippen LogP contribution in [-0.2, 0) is 16.0 Å². The number of nitrogens with zero attached hydrogens (tertiary/aromatic N) is 2. The van der Waals surface area contributed by atoms with Crippen LogP contribution >= 0.6 is 0 Å². The summed E-state index contributed by atoms with van der Waals surface area (Å²) in [5, 5.41) is 5.63. The number of aryl methyl sites for hydroxylation is 2. The topological polar surface area (TPSA) is 81.8 Å². The van der Waals surface area contributed by atoms with Crippen molar-refractivity contribution in [1.82, 2.24) is 10.2 Å². The summed E-state index contributed by atoms with van der Waals surface area (Å²) in [7, 11) is 0. The highest BCUT2D eigenvalue weighted by Crippen LogP contribution is 2.39. The first-order chi connectivity index (χ1) is 21.3. The predicted molar refractivity (Wildman–Crippen MR) is 171 cm³/mol. The Morgan fingerprint density at radius 1 is 0.909 bits per heavy atom. The zero-order valence-corrected chi connectivity index (χ0v) is 25.3. The zero-order valence-electron chi connectivity index (χ0n) is 25.3. The molecule has 2 bridgehead atoms. The smallest absolute Gasteiger partial charge is 0.320 e. The molecular weight excluding hydrogens is 555 g/mol. The third kappa shape index (κ3) is 6.11. The highest BCUT2D eigenvalue weighted by molar-refractivity contribution is 6.10. The van der Waals surface area contributed by atoms with E-state index in [4.69, 9.17) is 0 Å². The van der Waals surface area contributed by atoms with Gasteiger partial charge in [-0.2, -0.15) is 0 Å². The third-order valence-corrected chi connectivity index (χ3v) is 9.22. The number of urea groups is 1. The lowest BCUT2D eigenvalue weighted by Gasteiger charge is -2.31. The molecule has 3 aromatic carbocycles. The molecule has 3 aromatic rings. The van der Waals surface area contributed by atoms with E-state index in [1.54, 1.807) is 30.3 Å². The zero-order chi connectivity index (χ0) is 30.8. The molecule has 0 aromatic heterocycles. The highest BCUT2D eigenvalue weighted by atomic mass is 19.1. The second-order valence-electron chi connectivity index (χ2n) is 12.3. The van der Waals surface area contributed by atoms with Crippen molar-refractivity contribution in [2.45, 2.75) is 52.0 Å². The Kier molecular flexibility index (Phi) is 8.51. The first-order valence-corrected chi connectivity index (χ1v) is 15.6. The van der Waals surface area contributed by atoms with Crippen LogP contribution in [0.4, 0.5) is 20.6 Å². The van der Waals surface area contributed by atoms with E-state index >= 15 is 4.39 Å². The van der Waals surface area contributed by atoms with Gasteiger partial charge in [-0.3, -0.25) is 9.59 Å². The Labute approximate surface area is 258 Å². The average Bonchev–Trinajstić information content (AvgIpc) is 3.40. The van der Waals surface area contributed by atoms with Crippen molar-refractivity contribution in [2.75, 3.05) is 29.9 Å². The minimum absolute atomic E-state index is 0.105. The van der Waals surface area contributed by atoms with E-state index in [0.29, 0.717) is 59.4 Å². The molecule has 0 radical (unpaired) electrons. The number of nitrogens with one attached hydrogen (secondary N) is 2. The molecule has 3 aliphatic heterocycles. The fourth-order valence-corrected chi connectivity index (χ4v) is 6.96. The Bertz CT molecular complexity index is 1600. The minimum Gasteiger partial charge on any atom is -0.341 e. The van der Waals surface area contributed by atoms with Gasteiger partial charge in [0, 0.05) is 29.9 Å². The number of fused-ring (bicyclic) bond motifs is 5. The lowest BCUT2D eigenvalue weighted by Crippen LogP contribution is -2.52. The summed E-state index contributed by atoms with van der Waals surface area (Å²) in [5.74, 6) is -0.00270. The number of carbonyl (C=O) groups is 3. The monoisotopic (exact) mass is 594 g/mol.